The van der Waals surface area contributed by atoms with Crippen molar-refractivity contribution in [3.63, 3.8) is 0 Å². The molecule has 6 heteroatoms. The van der Waals surface area contributed by atoms with Crippen LogP contribution in [0.2, 0.25) is 0 Å². The third-order valence-corrected chi connectivity index (χ3v) is 5.06. The number of imidazole rings is 1. The number of nitrogens with zero attached hydrogens (tertiary/aromatic N) is 2. The zero-order chi connectivity index (χ0) is 22.2. The number of rotatable bonds is 8. The second-order valence-electron chi connectivity index (χ2n) is 7.51. The van der Waals surface area contributed by atoms with Crippen LogP contribution in [0.3, 0.4) is 0 Å². The van der Waals surface area contributed by atoms with Gasteiger partial charge in [0.1, 0.15) is 6.04 Å². The quantitative estimate of drug-likeness (QED) is 0.450. The van der Waals surface area contributed by atoms with Crippen LogP contribution in [-0.4, -0.2) is 27.4 Å². The van der Waals surface area contributed by atoms with Crippen LogP contribution in [0, 0.1) is 0 Å². The lowest BCUT2D eigenvalue weighted by atomic mass is 10.0. The minimum absolute atomic E-state index is 0.261. The summed E-state index contributed by atoms with van der Waals surface area (Å²) in [6.45, 7) is 0.614. The molecule has 4 rings (SSSR count). The summed E-state index contributed by atoms with van der Waals surface area (Å²) in [6.07, 6.45) is 5.71. The van der Waals surface area contributed by atoms with Crippen molar-refractivity contribution in [2.75, 3.05) is 5.32 Å². The maximum Gasteiger partial charge on any atom is 0.251 e. The van der Waals surface area contributed by atoms with Gasteiger partial charge < -0.3 is 15.2 Å². The van der Waals surface area contributed by atoms with Crippen molar-refractivity contribution in [1.29, 1.82) is 0 Å². The number of benzene rings is 3. The SMILES string of the molecule is O=C(NC(Cc1ccccc1)C(=O)Nc1ccccc1)c1cccc(Cn2ccnc2)c1. The third kappa shape index (κ3) is 5.70. The molecule has 0 radical (unpaired) electrons. The van der Waals surface area contributed by atoms with Gasteiger partial charge in [0.15, 0.2) is 0 Å². The van der Waals surface area contributed by atoms with Crippen LogP contribution in [0.4, 0.5) is 5.69 Å². The van der Waals surface area contributed by atoms with Gasteiger partial charge >= 0.3 is 0 Å². The molecule has 1 aromatic heterocycles. The lowest BCUT2D eigenvalue weighted by Gasteiger charge is -2.19. The zero-order valence-corrected chi connectivity index (χ0v) is 17.5. The number of hydrogen-bond acceptors (Lipinski definition) is 3. The fourth-order valence-electron chi connectivity index (χ4n) is 3.45. The molecule has 4 aromatic rings. The molecule has 0 aliphatic heterocycles. The normalized spacial score (nSPS) is 11.5. The Balaban J connectivity index is 1.50. The fraction of sp³-hybridized carbons (Fsp3) is 0.115. The van der Waals surface area contributed by atoms with Gasteiger partial charge in [0.25, 0.3) is 5.91 Å². The van der Waals surface area contributed by atoms with Crippen molar-refractivity contribution < 1.29 is 9.59 Å². The maximum atomic E-state index is 13.0. The van der Waals surface area contributed by atoms with Gasteiger partial charge in [-0.25, -0.2) is 4.98 Å². The summed E-state index contributed by atoms with van der Waals surface area (Å²) in [4.78, 5) is 30.1. The molecule has 1 unspecified atom stereocenters. The molecular formula is C26H24N4O2. The van der Waals surface area contributed by atoms with Crippen LogP contribution in [0.1, 0.15) is 21.5 Å². The van der Waals surface area contributed by atoms with E-state index in [4.69, 9.17) is 0 Å². The van der Waals surface area contributed by atoms with Crippen LogP contribution >= 0.6 is 0 Å². The summed E-state index contributed by atoms with van der Waals surface area (Å²) in [6, 6.07) is 25.6. The summed E-state index contributed by atoms with van der Waals surface area (Å²) in [5, 5.41) is 5.81. The molecular weight excluding hydrogens is 400 g/mol. The van der Waals surface area contributed by atoms with Crippen molar-refractivity contribution >= 4 is 17.5 Å². The number of hydrogen-bond donors (Lipinski definition) is 2. The van der Waals surface area contributed by atoms with E-state index < -0.39 is 6.04 Å². The predicted molar refractivity (Wildman–Crippen MR) is 124 cm³/mol. The van der Waals surface area contributed by atoms with E-state index in [0.717, 1.165) is 11.1 Å². The Morgan fingerprint density at radius 3 is 2.31 bits per heavy atom. The van der Waals surface area contributed by atoms with Gasteiger partial charge in [-0.3, -0.25) is 9.59 Å². The van der Waals surface area contributed by atoms with Crippen LogP contribution in [0.5, 0.6) is 0 Å². The summed E-state index contributed by atoms with van der Waals surface area (Å²) < 4.78 is 1.93. The highest BCUT2D eigenvalue weighted by Gasteiger charge is 2.22. The smallest absolute Gasteiger partial charge is 0.251 e. The second-order valence-corrected chi connectivity index (χ2v) is 7.51. The van der Waals surface area contributed by atoms with Crippen LogP contribution in [-0.2, 0) is 17.8 Å². The zero-order valence-electron chi connectivity index (χ0n) is 17.5. The summed E-state index contributed by atoms with van der Waals surface area (Å²) in [5.41, 5.74) is 3.14. The van der Waals surface area contributed by atoms with E-state index in [2.05, 4.69) is 15.6 Å². The van der Waals surface area contributed by atoms with Crippen LogP contribution in [0.15, 0.2) is 104 Å². The summed E-state index contributed by atoms with van der Waals surface area (Å²) in [5.74, 6) is -0.551. The van der Waals surface area contributed by atoms with E-state index in [9.17, 15) is 9.59 Å². The summed E-state index contributed by atoms with van der Waals surface area (Å²) >= 11 is 0. The molecule has 6 nitrogen and oxygen atoms in total. The first-order valence-electron chi connectivity index (χ1n) is 10.4. The predicted octanol–water partition coefficient (Wildman–Crippen LogP) is 3.91. The Kier molecular flexibility index (Phi) is 6.72. The highest BCUT2D eigenvalue weighted by Crippen LogP contribution is 2.11. The lowest BCUT2D eigenvalue weighted by molar-refractivity contribution is -0.118. The Morgan fingerprint density at radius 1 is 0.875 bits per heavy atom. The molecule has 2 amide bonds. The topological polar surface area (TPSA) is 76.0 Å². The van der Waals surface area contributed by atoms with E-state index >= 15 is 0 Å². The highest BCUT2D eigenvalue weighted by molar-refractivity contribution is 6.01. The van der Waals surface area contributed by atoms with E-state index in [1.54, 1.807) is 18.6 Å². The first-order valence-corrected chi connectivity index (χ1v) is 10.4. The molecule has 0 saturated carbocycles. The lowest BCUT2D eigenvalue weighted by Crippen LogP contribution is -2.45. The number of amides is 2. The van der Waals surface area contributed by atoms with Crippen LogP contribution < -0.4 is 10.6 Å². The van der Waals surface area contributed by atoms with E-state index in [1.807, 2.05) is 89.6 Å². The standard InChI is InChI=1S/C26H24N4O2/c31-25(22-11-7-10-21(16-22)18-30-15-14-27-19-30)29-24(17-20-8-3-1-4-9-20)26(32)28-23-12-5-2-6-13-23/h1-16,19,24H,17-18H2,(H,28,32)(H,29,31). The molecule has 160 valence electrons. The third-order valence-electron chi connectivity index (χ3n) is 5.06. The molecule has 0 aliphatic carbocycles. The van der Waals surface area contributed by atoms with Crippen LogP contribution in [0.25, 0.3) is 0 Å². The monoisotopic (exact) mass is 424 g/mol. The van der Waals surface area contributed by atoms with E-state index in [-0.39, 0.29) is 11.8 Å². The van der Waals surface area contributed by atoms with Gasteiger partial charge in [0.05, 0.1) is 6.33 Å². The van der Waals surface area contributed by atoms with Gasteiger partial charge in [-0.05, 0) is 35.4 Å². The van der Waals surface area contributed by atoms with Crippen molar-refractivity contribution in [2.45, 2.75) is 19.0 Å². The minimum Gasteiger partial charge on any atom is -0.340 e. The summed E-state index contributed by atoms with van der Waals surface area (Å²) in [7, 11) is 0. The van der Waals surface area contributed by atoms with Gasteiger partial charge in [-0.2, -0.15) is 0 Å². The number of carbonyl (C=O) groups is 2. The van der Waals surface area contributed by atoms with Crippen molar-refractivity contribution in [2.24, 2.45) is 0 Å². The second kappa shape index (κ2) is 10.2. The number of anilines is 1. The number of para-hydroxylation sites is 1. The Hall–Kier alpha value is -4.19. The Bertz CT molecular complexity index is 1160. The molecule has 0 fully saturated rings. The molecule has 1 atom stereocenters. The number of carbonyl (C=O) groups excluding carboxylic acids is 2. The molecule has 3 aromatic carbocycles. The Morgan fingerprint density at radius 2 is 1.59 bits per heavy atom. The molecule has 0 spiro atoms. The highest BCUT2D eigenvalue weighted by atomic mass is 16.2. The van der Waals surface area contributed by atoms with Gasteiger partial charge in [0.2, 0.25) is 5.91 Å². The van der Waals surface area contributed by atoms with Gasteiger partial charge in [0, 0.05) is 36.6 Å². The average molecular weight is 425 g/mol. The molecule has 2 N–H and O–H groups in total. The Labute approximate surface area is 186 Å². The first kappa shape index (κ1) is 21.1. The van der Waals surface area contributed by atoms with Crippen molar-refractivity contribution in [3.05, 3.63) is 120 Å². The molecule has 32 heavy (non-hydrogen) atoms. The van der Waals surface area contributed by atoms with Crippen molar-refractivity contribution in [1.82, 2.24) is 14.9 Å². The van der Waals surface area contributed by atoms with E-state index in [0.29, 0.717) is 24.2 Å². The number of nitrogens with one attached hydrogen (secondary N) is 2. The minimum atomic E-state index is -0.720. The molecule has 0 aliphatic rings. The fourth-order valence-corrected chi connectivity index (χ4v) is 3.45. The molecule has 0 bridgehead atoms. The van der Waals surface area contributed by atoms with E-state index in [1.165, 1.54) is 0 Å². The first-order chi connectivity index (χ1) is 15.7. The van der Waals surface area contributed by atoms with Crippen molar-refractivity contribution in [3.8, 4) is 0 Å². The molecule has 0 saturated heterocycles. The maximum absolute atomic E-state index is 13.0. The number of aromatic nitrogens is 2. The largest absolute Gasteiger partial charge is 0.340 e. The van der Waals surface area contributed by atoms with Gasteiger partial charge in [-0.1, -0.05) is 60.7 Å². The molecule has 1 heterocycles. The average Bonchev–Trinajstić information content (AvgIpc) is 3.33. The van der Waals surface area contributed by atoms with Gasteiger partial charge in [-0.15, -0.1) is 0 Å².